The van der Waals surface area contributed by atoms with Gasteiger partial charge in [0, 0.05) is 19.3 Å². The summed E-state index contributed by atoms with van der Waals surface area (Å²) in [7, 11) is 0. The van der Waals surface area contributed by atoms with E-state index in [0.29, 0.717) is 19.3 Å². The second-order valence-electron chi connectivity index (χ2n) is 17.7. The van der Waals surface area contributed by atoms with Crippen molar-refractivity contribution in [1.29, 1.82) is 0 Å². The lowest BCUT2D eigenvalue weighted by molar-refractivity contribution is -0.166. The minimum Gasteiger partial charge on any atom is -0.462 e. The van der Waals surface area contributed by atoms with Crippen molar-refractivity contribution in [2.24, 2.45) is 0 Å². The minimum atomic E-state index is -0.818. The van der Waals surface area contributed by atoms with E-state index in [9.17, 15) is 14.4 Å². The summed E-state index contributed by atoms with van der Waals surface area (Å²) >= 11 is 0. The first-order valence-electron chi connectivity index (χ1n) is 27.4. The molecule has 0 bridgehead atoms. The molecule has 0 spiro atoms. The maximum absolute atomic E-state index is 12.8. The largest absolute Gasteiger partial charge is 0.462 e. The first kappa shape index (κ1) is 63.1. The molecular formula is C61H100O6. The molecule has 0 aliphatic heterocycles. The summed E-state index contributed by atoms with van der Waals surface area (Å²) in [4.78, 5) is 38.0. The van der Waals surface area contributed by atoms with Gasteiger partial charge in [-0.25, -0.2) is 0 Å². The van der Waals surface area contributed by atoms with Gasteiger partial charge in [0.1, 0.15) is 13.2 Å². The topological polar surface area (TPSA) is 78.9 Å². The maximum atomic E-state index is 12.8. The number of hydrogen-bond acceptors (Lipinski definition) is 6. The van der Waals surface area contributed by atoms with E-state index in [0.717, 1.165) is 103 Å². The minimum absolute atomic E-state index is 0.110. The van der Waals surface area contributed by atoms with Crippen molar-refractivity contribution >= 4 is 17.9 Å². The summed E-state index contributed by atoms with van der Waals surface area (Å²) < 4.78 is 16.7. The van der Waals surface area contributed by atoms with Crippen molar-refractivity contribution in [1.82, 2.24) is 0 Å². The van der Waals surface area contributed by atoms with Gasteiger partial charge in [-0.3, -0.25) is 14.4 Å². The Morgan fingerprint density at radius 3 is 1.04 bits per heavy atom. The Labute approximate surface area is 412 Å². The summed E-state index contributed by atoms with van der Waals surface area (Å²) in [5, 5.41) is 0. The number of unbranched alkanes of at least 4 members (excludes halogenated alkanes) is 19. The van der Waals surface area contributed by atoms with E-state index in [4.69, 9.17) is 14.2 Å². The molecule has 0 aromatic heterocycles. The Kier molecular flexibility index (Phi) is 51.5. The molecule has 0 amide bonds. The third-order valence-corrected chi connectivity index (χ3v) is 11.2. The Bertz CT molecular complexity index is 1390. The van der Waals surface area contributed by atoms with Gasteiger partial charge in [-0.2, -0.15) is 0 Å². The van der Waals surface area contributed by atoms with Crippen molar-refractivity contribution in [3.8, 4) is 0 Å². The fourth-order valence-electron chi connectivity index (χ4n) is 7.14. The Morgan fingerprint density at radius 1 is 0.313 bits per heavy atom. The fourth-order valence-corrected chi connectivity index (χ4v) is 7.14. The molecule has 380 valence electrons. The van der Waals surface area contributed by atoms with Crippen LogP contribution in [0.3, 0.4) is 0 Å². The van der Waals surface area contributed by atoms with Crippen LogP contribution < -0.4 is 0 Å². The van der Waals surface area contributed by atoms with Crippen molar-refractivity contribution in [3.05, 3.63) is 109 Å². The van der Waals surface area contributed by atoms with Gasteiger partial charge in [-0.1, -0.05) is 214 Å². The molecule has 0 saturated carbocycles. The Morgan fingerprint density at radius 2 is 0.612 bits per heavy atom. The second kappa shape index (κ2) is 54.7. The summed E-state index contributed by atoms with van der Waals surface area (Å²) in [5.74, 6) is -1.02. The van der Waals surface area contributed by atoms with Crippen molar-refractivity contribution < 1.29 is 28.6 Å². The van der Waals surface area contributed by atoms with E-state index >= 15 is 0 Å². The summed E-state index contributed by atoms with van der Waals surface area (Å²) in [6.07, 6.45) is 73.7. The molecule has 0 heterocycles. The predicted molar refractivity (Wildman–Crippen MR) is 288 cm³/mol. The lowest BCUT2D eigenvalue weighted by Gasteiger charge is -2.18. The van der Waals surface area contributed by atoms with Gasteiger partial charge in [-0.15, -0.1) is 0 Å². The zero-order valence-corrected chi connectivity index (χ0v) is 43.4. The Hall–Kier alpha value is -3.93. The molecule has 0 saturated heterocycles. The van der Waals surface area contributed by atoms with Gasteiger partial charge in [0.15, 0.2) is 6.10 Å². The number of hydrogen-bond donors (Lipinski definition) is 0. The SMILES string of the molecule is CC/C=C\C/C=C\C/C=C\C/C=C\C/C=C\C/C=C\CCC(=O)OC[C@H](COC(=O)CCCCCCC/C=C\CCCCCC)OC(=O)CCCCCCCCC/C=C\C/C=C\CCCCC. The average Bonchev–Trinajstić information content (AvgIpc) is 3.33. The summed E-state index contributed by atoms with van der Waals surface area (Å²) in [6, 6.07) is 0. The van der Waals surface area contributed by atoms with Crippen LogP contribution in [0.5, 0.6) is 0 Å². The number of carbonyl (C=O) groups excluding carboxylic acids is 3. The first-order chi connectivity index (χ1) is 33.0. The number of ether oxygens (including phenoxy) is 3. The molecule has 0 aromatic rings. The molecule has 0 N–H and O–H groups in total. The standard InChI is InChI=1S/C61H100O6/c1-4-7-10-13-16-19-22-25-27-29-30-32-33-36-39-42-45-48-51-54-60(63)66-57-58(56-65-59(62)53-50-47-44-41-38-35-24-21-18-15-12-9-6-3)67-61(64)55-52-49-46-43-40-37-34-31-28-26-23-20-17-14-11-8-5-2/h7,10,16-17,19-21,24-28,30,32,36,39,45,48,58H,4-6,8-9,11-15,18,22-23,29,31,33-35,37-38,40-44,46-47,49-57H2,1-3H3/b10-7-,19-16-,20-17-,24-21-,27-25-,28-26-,32-30-,39-36-,48-45-/t58-/m0/s1. The van der Waals surface area contributed by atoms with Crippen LogP contribution in [0.1, 0.15) is 239 Å². The highest BCUT2D eigenvalue weighted by Gasteiger charge is 2.19. The van der Waals surface area contributed by atoms with Crippen LogP contribution in [0.15, 0.2) is 109 Å². The molecule has 0 radical (unpaired) electrons. The predicted octanol–water partition coefficient (Wildman–Crippen LogP) is 18.3. The van der Waals surface area contributed by atoms with E-state index in [1.165, 1.54) is 89.9 Å². The Balaban J connectivity index is 4.53. The highest BCUT2D eigenvalue weighted by Crippen LogP contribution is 2.13. The van der Waals surface area contributed by atoms with Crippen molar-refractivity contribution in [2.75, 3.05) is 13.2 Å². The van der Waals surface area contributed by atoms with E-state index < -0.39 is 6.10 Å². The van der Waals surface area contributed by atoms with Crippen LogP contribution in [-0.2, 0) is 28.6 Å². The molecule has 1 atom stereocenters. The molecule has 0 fully saturated rings. The molecule has 0 aliphatic carbocycles. The normalized spacial score (nSPS) is 12.9. The molecule has 6 heteroatoms. The second-order valence-corrected chi connectivity index (χ2v) is 17.7. The molecular weight excluding hydrogens is 829 g/mol. The van der Waals surface area contributed by atoms with Crippen LogP contribution in [0, 0.1) is 0 Å². The van der Waals surface area contributed by atoms with Crippen LogP contribution in [0.4, 0.5) is 0 Å². The van der Waals surface area contributed by atoms with E-state index in [1.54, 1.807) is 0 Å². The van der Waals surface area contributed by atoms with Gasteiger partial charge < -0.3 is 14.2 Å². The van der Waals surface area contributed by atoms with E-state index in [1.807, 2.05) is 6.08 Å². The fraction of sp³-hybridized carbons (Fsp3) is 0.656. The van der Waals surface area contributed by atoms with E-state index in [-0.39, 0.29) is 37.5 Å². The lowest BCUT2D eigenvalue weighted by atomic mass is 10.1. The first-order valence-corrected chi connectivity index (χ1v) is 27.4. The molecule has 0 aliphatic rings. The third-order valence-electron chi connectivity index (χ3n) is 11.2. The summed E-state index contributed by atoms with van der Waals surface area (Å²) in [5.41, 5.74) is 0. The van der Waals surface area contributed by atoms with Gasteiger partial charge in [0.2, 0.25) is 0 Å². The maximum Gasteiger partial charge on any atom is 0.306 e. The molecule has 0 unspecified atom stereocenters. The summed E-state index contributed by atoms with van der Waals surface area (Å²) in [6.45, 7) is 6.40. The van der Waals surface area contributed by atoms with Crippen LogP contribution >= 0.6 is 0 Å². The van der Waals surface area contributed by atoms with Crippen molar-refractivity contribution in [2.45, 2.75) is 245 Å². The third kappa shape index (κ3) is 52.9. The van der Waals surface area contributed by atoms with Gasteiger partial charge in [0.25, 0.3) is 0 Å². The monoisotopic (exact) mass is 929 g/mol. The van der Waals surface area contributed by atoms with Gasteiger partial charge >= 0.3 is 17.9 Å². The number of rotatable bonds is 48. The van der Waals surface area contributed by atoms with Crippen LogP contribution in [0.2, 0.25) is 0 Å². The molecule has 0 aromatic carbocycles. The van der Waals surface area contributed by atoms with Crippen molar-refractivity contribution in [3.63, 3.8) is 0 Å². The zero-order chi connectivity index (χ0) is 48.6. The van der Waals surface area contributed by atoms with Gasteiger partial charge in [-0.05, 0) is 116 Å². The molecule has 0 rings (SSSR count). The average molecular weight is 929 g/mol. The zero-order valence-electron chi connectivity index (χ0n) is 43.4. The highest BCUT2D eigenvalue weighted by atomic mass is 16.6. The van der Waals surface area contributed by atoms with E-state index in [2.05, 4.69) is 124 Å². The molecule has 67 heavy (non-hydrogen) atoms. The van der Waals surface area contributed by atoms with Crippen LogP contribution in [-0.4, -0.2) is 37.2 Å². The highest BCUT2D eigenvalue weighted by molar-refractivity contribution is 5.71. The number of carbonyl (C=O) groups is 3. The molecule has 6 nitrogen and oxygen atoms in total. The lowest BCUT2D eigenvalue weighted by Crippen LogP contribution is -2.30. The van der Waals surface area contributed by atoms with Gasteiger partial charge in [0.05, 0.1) is 0 Å². The number of esters is 3. The van der Waals surface area contributed by atoms with Crippen LogP contribution in [0.25, 0.3) is 0 Å². The quantitative estimate of drug-likeness (QED) is 0.0262. The number of allylic oxidation sites excluding steroid dienone is 18. The smallest absolute Gasteiger partial charge is 0.306 e.